The molecule has 1 heterocycles. The van der Waals surface area contributed by atoms with Gasteiger partial charge in [-0.25, -0.2) is 4.98 Å². The molecule has 0 saturated heterocycles. The third-order valence-corrected chi connectivity index (χ3v) is 8.53. The molecule has 0 spiro atoms. The van der Waals surface area contributed by atoms with E-state index < -0.39 is 8.38 Å². The van der Waals surface area contributed by atoms with E-state index in [1.165, 1.54) is 4.90 Å². The van der Waals surface area contributed by atoms with Crippen LogP contribution in [0.15, 0.2) is 28.7 Å². The van der Waals surface area contributed by atoms with E-state index in [1.54, 1.807) is 11.9 Å². The molecule has 0 fully saturated rings. The molecule has 0 radical (unpaired) electrons. The number of hydrogen-bond donors (Lipinski definition) is 0. The lowest BCUT2D eigenvalue weighted by Gasteiger charge is -2.20. The number of hydrogen-bond acceptors (Lipinski definition) is 5. The van der Waals surface area contributed by atoms with Crippen LogP contribution in [0.1, 0.15) is 61.9 Å². The lowest BCUT2D eigenvalue weighted by atomic mass is 10.1. The largest absolute Gasteiger partial charge is 0.334 e. The van der Waals surface area contributed by atoms with Crippen molar-refractivity contribution in [2.75, 3.05) is 44.4 Å². The molecule has 0 unspecified atom stereocenters. The maximum Gasteiger partial charge on any atom is 0.274 e. The van der Waals surface area contributed by atoms with Crippen LogP contribution in [0, 0.1) is 12.3 Å². The SMILES string of the molecule is C#CCN(C)C(=O)c1c(N(C=O)CCCCCP(OCC)OCC)nc(CCc2ccccc2Br)n1CC. The minimum atomic E-state index is -0.863. The van der Waals surface area contributed by atoms with Crippen LogP contribution in [-0.4, -0.2) is 66.3 Å². The molecule has 38 heavy (non-hydrogen) atoms. The van der Waals surface area contributed by atoms with Crippen LogP contribution in [0.25, 0.3) is 0 Å². The summed E-state index contributed by atoms with van der Waals surface area (Å²) in [4.78, 5) is 33.6. The summed E-state index contributed by atoms with van der Waals surface area (Å²) in [5.41, 5.74) is 1.55. The molecule has 1 aromatic carbocycles. The molecule has 0 aliphatic heterocycles. The molecular weight excluding hydrogens is 567 g/mol. The lowest BCUT2D eigenvalue weighted by molar-refractivity contribution is -0.107. The third-order valence-electron chi connectivity index (χ3n) is 5.98. The summed E-state index contributed by atoms with van der Waals surface area (Å²) in [6.07, 6.45) is 11.1. The van der Waals surface area contributed by atoms with E-state index in [2.05, 4.69) is 27.9 Å². The van der Waals surface area contributed by atoms with Crippen LogP contribution in [0.4, 0.5) is 5.82 Å². The number of benzene rings is 1. The Balaban J connectivity index is 2.24. The van der Waals surface area contributed by atoms with Gasteiger partial charge in [-0.3, -0.25) is 14.5 Å². The van der Waals surface area contributed by atoms with Crippen LogP contribution in [0.5, 0.6) is 0 Å². The molecular formula is C28H40BrN4O4P. The van der Waals surface area contributed by atoms with Crippen molar-refractivity contribution >= 4 is 42.4 Å². The zero-order valence-corrected chi connectivity index (χ0v) is 25.5. The van der Waals surface area contributed by atoms with E-state index >= 15 is 0 Å². The number of anilines is 1. The van der Waals surface area contributed by atoms with E-state index in [0.29, 0.717) is 44.2 Å². The van der Waals surface area contributed by atoms with Crippen LogP contribution in [-0.2, 0) is 33.2 Å². The summed E-state index contributed by atoms with van der Waals surface area (Å²) in [6, 6.07) is 8.06. The van der Waals surface area contributed by atoms with Gasteiger partial charge in [0.05, 0.1) is 19.8 Å². The van der Waals surface area contributed by atoms with Crippen molar-refractivity contribution in [2.24, 2.45) is 0 Å². The molecule has 0 atom stereocenters. The third kappa shape index (κ3) is 9.20. The summed E-state index contributed by atoms with van der Waals surface area (Å²) in [7, 11) is 0.804. The van der Waals surface area contributed by atoms with Gasteiger partial charge in [0.2, 0.25) is 6.41 Å². The van der Waals surface area contributed by atoms with Crippen LogP contribution >= 0.6 is 24.3 Å². The van der Waals surface area contributed by atoms with Crippen LogP contribution < -0.4 is 4.90 Å². The smallest absolute Gasteiger partial charge is 0.274 e. The van der Waals surface area contributed by atoms with Gasteiger partial charge in [0, 0.05) is 37.2 Å². The molecule has 10 heteroatoms. The minimum Gasteiger partial charge on any atom is -0.334 e. The number of halogens is 1. The first kappa shape index (κ1) is 32.0. The highest BCUT2D eigenvalue weighted by atomic mass is 79.9. The first-order valence-corrected chi connectivity index (χ1v) is 15.3. The Morgan fingerprint density at radius 3 is 2.47 bits per heavy atom. The molecule has 208 valence electrons. The Morgan fingerprint density at radius 1 is 1.16 bits per heavy atom. The van der Waals surface area contributed by atoms with Crippen molar-refractivity contribution in [2.45, 2.75) is 59.4 Å². The fourth-order valence-corrected chi connectivity index (χ4v) is 6.00. The number of nitrogens with zero attached hydrogens (tertiary/aromatic N) is 4. The molecule has 0 aliphatic rings. The first-order chi connectivity index (χ1) is 18.4. The van der Waals surface area contributed by atoms with Gasteiger partial charge in [0.25, 0.3) is 5.91 Å². The van der Waals surface area contributed by atoms with Gasteiger partial charge in [0.1, 0.15) is 5.82 Å². The zero-order valence-electron chi connectivity index (χ0n) is 23.0. The Bertz CT molecular complexity index is 1070. The van der Waals surface area contributed by atoms with Crippen molar-refractivity contribution in [1.29, 1.82) is 0 Å². The van der Waals surface area contributed by atoms with Gasteiger partial charge < -0.3 is 18.5 Å². The number of rotatable bonds is 18. The van der Waals surface area contributed by atoms with Gasteiger partial charge >= 0.3 is 0 Å². The summed E-state index contributed by atoms with van der Waals surface area (Å²) in [5, 5.41) is 0. The summed E-state index contributed by atoms with van der Waals surface area (Å²) >= 11 is 3.61. The Labute approximate surface area is 237 Å². The van der Waals surface area contributed by atoms with Gasteiger partial charge in [-0.05, 0) is 51.7 Å². The average molecular weight is 608 g/mol. The lowest BCUT2D eigenvalue weighted by Crippen LogP contribution is -2.32. The van der Waals surface area contributed by atoms with Gasteiger partial charge in [-0.2, -0.15) is 0 Å². The van der Waals surface area contributed by atoms with Gasteiger partial charge in [0.15, 0.2) is 19.9 Å². The van der Waals surface area contributed by atoms with E-state index in [4.69, 9.17) is 20.5 Å². The van der Waals surface area contributed by atoms with Crippen molar-refractivity contribution in [3.05, 3.63) is 45.8 Å². The van der Waals surface area contributed by atoms with E-state index in [1.807, 2.05) is 43.5 Å². The average Bonchev–Trinajstić information content (AvgIpc) is 3.28. The summed E-state index contributed by atoms with van der Waals surface area (Å²) in [5.74, 6) is 3.43. The maximum atomic E-state index is 13.5. The number of terminal acetylenes is 1. The van der Waals surface area contributed by atoms with Crippen molar-refractivity contribution < 1.29 is 18.6 Å². The topological polar surface area (TPSA) is 76.9 Å². The van der Waals surface area contributed by atoms with Crippen LogP contribution in [0.2, 0.25) is 0 Å². The maximum absolute atomic E-state index is 13.5. The van der Waals surface area contributed by atoms with Crippen molar-refractivity contribution in [3.8, 4) is 12.3 Å². The second kappa shape index (κ2) is 17.4. The highest BCUT2D eigenvalue weighted by molar-refractivity contribution is 9.10. The molecule has 2 aromatic rings. The number of aromatic nitrogens is 2. The van der Waals surface area contributed by atoms with Gasteiger partial charge in [-0.15, -0.1) is 6.42 Å². The fourth-order valence-electron chi connectivity index (χ4n) is 4.13. The predicted octanol–water partition coefficient (Wildman–Crippen LogP) is 5.67. The van der Waals surface area contributed by atoms with Gasteiger partial charge in [-0.1, -0.05) is 46.5 Å². The fraction of sp³-hybridized carbons (Fsp3) is 0.536. The molecule has 2 amide bonds. The van der Waals surface area contributed by atoms with E-state index in [9.17, 15) is 9.59 Å². The molecule has 2 rings (SSSR count). The van der Waals surface area contributed by atoms with Crippen molar-refractivity contribution in [3.63, 3.8) is 0 Å². The van der Waals surface area contributed by atoms with Crippen LogP contribution in [0.3, 0.4) is 0 Å². The molecule has 0 N–H and O–H groups in total. The summed E-state index contributed by atoms with van der Waals surface area (Å²) < 4.78 is 14.3. The Hall–Kier alpha value is -2.24. The number of carbonyl (C=O) groups excluding carboxylic acids is 2. The summed E-state index contributed by atoms with van der Waals surface area (Å²) in [6.45, 7) is 8.38. The number of carbonyl (C=O) groups is 2. The first-order valence-electron chi connectivity index (χ1n) is 13.2. The number of unbranched alkanes of at least 4 members (excludes halogenated alkanes) is 2. The standard InChI is InChI=1S/C28H40BrN4O4P/c1-6-19-31(5)28(35)26-27(32(22-34)20-13-10-14-21-38(36-8-3)37-9-4)30-25(33(26)7-2)18-17-23-15-11-12-16-24(23)29/h1,11-12,15-16,22H,7-10,13-14,17-21H2,2-5H3. The van der Waals surface area contributed by atoms with E-state index in [0.717, 1.165) is 54.1 Å². The number of aryl methyl sites for hydroxylation is 2. The predicted molar refractivity (Wildman–Crippen MR) is 158 cm³/mol. The second-order valence-corrected chi connectivity index (χ2v) is 11.1. The highest BCUT2D eigenvalue weighted by Gasteiger charge is 2.28. The quantitative estimate of drug-likeness (QED) is 0.0945. The molecule has 0 bridgehead atoms. The number of amides is 2. The molecule has 0 saturated carbocycles. The number of imidazole rings is 1. The zero-order chi connectivity index (χ0) is 27.9. The molecule has 1 aromatic heterocycles. The Kier molecular flexibility index (Phi) is 14.6. The highest BCUT2D eigenvalue weighted by Crippen LogP contribution is 2.39. The normalized spacial score (nSPS) is 11.0. The molecule has 0 aliphatic carbocycles. The second-order valence-electron chi connectivity index (χ2n) is 8.65. The molecule has 8 nitrogen and oxygen atoms in total. The Morgan fingerprint density at radius 2 is 1.87 bits per heavy atom. The van der Waals surface area contributed by atoms with Crippen molar-refractivity contribution in [1.82, 2.24) is 14.5 Å². The minimum absolute atomic E-state index is 0.170. The van der Waals surface area contributed by atoms with E-state index in [-0.39, 0.29) is 12.5 Å². The monoisotopic (exact) mass is 606 g/mol.